The number of amides is 1. The van der Waals surface area contributed by atoms with E-state index in [-0.39, 0.29) is 12.5 Å². The van der Waals surface area contributed by atoms with Crippen LogP contribution in [0.15, 0.2) is 24.3 Å². The highest BCUT2D eigenvalue weighted by Crippen LogP contribution is 2.10. The highest BCUT2D eigenvalue weighted by Gasteiger charge is 2.08. The van der Waals surface area contributed by atoms with Crippen molar-refractivity contribution in [3.63, 3.8) is 0 Å². The van der Waals surface area contributed by atoms with Crippen molar-refractivity contribution in [2.45, 2.75) is 25.9 Å². The Balaban J connectivity index is 2.47. The third-order valence-electron chi connectivity index (χ3n) is 2.21. The first-order valence-electron chi connectivity index (χ1n) is 5.35. The normalized spacial score (nSPS) is 12.2. The van der Waals surface area contributed by atoms with E-state index < -0.39 is 6.10 Å². The molecule has 2 N–H and O–H groups in total. The number of nitrogens with one attached hydrogen (secondary N) is 1. The molecule has 0 aromatic heterocycles. The summed E-state index contributed by atoms with van der Waals surface area (Å²) in [6.45, 7) is 2.27. The third kappa shape index (κ3) is 4.21. The maximum absolute atomic E-state index is 11.6. The van der Waals surface area contributed by atoms with Crippen LogP contribution in [0.3, 0.4) is 0 Å². The summed E-state index contributed by atoms with van der Waals surface area (Å²) < 4.78 is 0. The second-order valence-corrected chi connectivity index (χ2v) is 4.10. The van der Waals surface area contributed by atoms with Gasteiger partial charge in [0.25, 0.3) is 5.91 Å². The largest absolute Gasteiger partial charge is 0.391 e. The molecule has 1 aromatic rings. The monoisotopic (exact) mass is 241 g/mol. The van der Waals surface area contributed by atoms with E-state index >= 15 is 0 Å². The molecule has 0 aliphatic heterocycles. The quantitative estimate of drug-likeness (QED) is 0.831. The number of hydrogen-bond donors (Lipinski definition) is 2. The van der Waals surface area contributed by atoms with Gasteiger partial charge in [-0.25, -0.2) is 0 Å². The van der Waals surface area contributed by atoms with Gasteiger partial charge in [-0.3, -0.25) is 4.79 Å². The molecule has 0 aliphatic carbocycles. The van der Waals surface area contributed by atoms with E-state index in [4.69, 9.17) is 11.6 Å². The summed E-state index contributed by atoms with van der Waals surface area (Å²) in [6.07, 6.45) is 1.11. The molecule has 0 heterocycles. The molecule has 0 saturated carbocycles. The van der Waals surface area contributed by atoms with Gasteiger partial charge in [-0.05, 0) is 24.6 Å². The fourth-order valence-electron chi connectivity index (χ4n) is 1.38. The number of carbonyl (C=O) groups excluding carboxylic acids is 1. The number of rotatable bonds is 5. The molecular weight excluding hydrogens is 226 g/mol. The zero-order valence-electron chi connectivity index (χ0n) is 9.24. The number of carbonyl (C=O) groups is 1. The summed E-state index contributed by atoms with van der Waals surface area (Å²) in [5.74, 6) is -0.211. The van der Waals surface area contributed by atoms with Crippen LogP contribution in [-0.4, -0.2) is 23.7 Å². The van der Waals surface area contributed by atoms with E-state index in [1.54, 1.807) is 24.3 Å². The zero-order chi connectivity index (χ0) is 12.0. The standard InChI is InChI=1S/C12H16ClNO2/c1-2-4-11(15)8-14-12(16)9-5-3-6-10(13)7-9/h3,5-7,11,15H,2,4,8H2,1H3,(H,14,16). The molecule has 1 rings (SSSR count). The van der Waals surface area contributed by atoms with Crippen LogP contribution in [0.5, 0.6) is 0 Å². The second-order valence-electron chi connectivity index (χ2n) is 3.66. The summed E-state index contributed by atoms with van der Waals surface area (Å²) in [5.41, 5.74) is 0.510. The number of aliphatic hydroxyl groups is 1. The lowest BCUT2D eigenvalue weighted by atomic mass is 10.2. The molecule has 0 radical (unpaired) electrons. The van der Waals surface area contributed by atoms with Gasteiger partial charge < -0.3 is 10.4 Å². The molecular formula is C12H16ClNO2. The van der Waals surface area contributed by atoms with Gasteiger partial charge in [-0.2, -0.15) is 0 Å². The van der Waals surface area contributed by atoms with Crippen molar-refractivity contribution in [1.82, 2.24) is 5.32 Å². The number of halogens is 1. The third-order valence-corrected chi connectivity index (χ3v) is 2.44. The van der Waals surface area contributed by atoms with Crippen LogP contribution >= 0.6 is 11.6 Å². The molecule has 1 atom stereocenters. The molecule has 4 heteroatoms. The van der Waals surface area contributed by atoms with Gasteiger partial charge in [0, 0.05) is 17.1 Å². The summed E-state index contributed by atoms with van der Waals surface area (Å²) >= 11 is 5.77. The molecule has 0 saturated heterocycles. The molecule has 1 amide bonds. The van der Waals surface area contributed by atoms with Gasteiger partial charge in [0.05, 0.1) is 6.10 Å². The van der Waals surface area contributed by atoms with Gasteiger partial charge in [-0.1, -0.05) is 31.0 Å². The van der Waals surface area contributed by atoms with Crippen molar-refractivity contribution in [3.8, 4) is 0 Å². The van der Waals surface area contributed by atoms with E-state index in [0.29, 0.717) is 17.0 Å². The van der Waals surface area contributed by atoms with Gasteiger partial charge >= 0.3 is 0 Å². The minimum Gasteiger partial charge on any atom is -0.391 e. The summed E-state index contributed by atoms with van der Waals surface area (Å²) in [6, 6.07) is 6.72. The van der Waals surface area contributed by atoms with Crippen molar-refractivity contribution in [3.05, 3.63) is 34.9 Å². The highest BCUT2D eigenvalue weighted by atomic mass is 35.5. The maximum atomic E-state index is 11.6. The number of aliphatic hydroxyl groups excluding tert-OH is 1. The van der Waals surface area contributed by atoms with Crippen LogP contribution in [0, 0.1) is 0 Å². The lowest BCUT2D eigenvalue weighted by Crippen LogP contribution is -2.31. The minimum absolute atomic E-state index is 0.211. The Morgan fingerprint density at radius 1 is 1.56 bits per heavy atom. The molecule has 88 valence electrons. The molecule has 3 nitrogen and oxygen atoms in total. The number of hydrogen-bond acceptors (Lipinski definition) is 2. The molecule has 0 spiro atoms. The van der Waals surface area contributed by atoms with Crippen LogP contribution in [0.4, 0.5) is 0 Å². The molecule has 1 aromatic carbocycles. The van der Waals surface area contributed by atoms with E-state index in [1.807, 2.05) is 6.92 Å². The maximum Gasteiger partial charge on any atom is 0.251 e. The van der Waals surface area contributed by atoms with Crippen molar-refractivity contribution in [1.29, 1.82) is 0 Å². The topological polar surface area (TPSA) is 49.3 Å². The Labute approximate surface area is 100 Å². The minimum atomic E-state index is -0.479. The summed E-state index contributed by atoms with van der Waals surface area (Å²) in [4.78, 5) is 11.6. The molecule has 0 bridgehead atoms. The van der Waals surface area contributed by atoms with E-state index in [2.05, 4.69) is 5.32 Å². The first kappa shape index (κ1) is 13.0. The Hall–Kier alpha value is -1.06. The van der Waals surface area contributed by atoms with E-state index in [0.717, 1.165) is 6.42 Å². The van der Waals surface area contributed by atoms with Crippen molar-refractivity contribution in [2.24, 2.45) is 0 Å². The average Bonchev–Trinajstić information content (AvgIpc) is 2.26. The first-order chi connectivity index (χ1) is 7.63. The molecule has 0 fully saturated rings. The van der Waals surface area contributed by atoms with Gasteiger partial charge in [-0.15, -0.1) is 0 Å². The first-order valence-corrected chi connectivity index (χ1v) is 5.73. The Morgan fingerprint density at radius 2 is 2.31 bits per heavy atom. The van der Waals surface area contributed by atoms with Crippen LogP contribution < -0.4 is 5.32 Å². The summed E-state index contributed by atoms with van der Waals surface area (Å²) in [7, 11) is 0. The summed E-state index contributed by atoms with van der Waals surface area (Å²) in [5, 5.41) is 12.7. The zero-order valence-corrected chi connectivity index (χ0v) is 10.00. The van der Waals surface area contributed by atoms with Crippen molar-refractivity contribution < 1.29 is 9.90 Å². The molecule has 1 unspecified atom stereocenters. The average molecular weight is 242 g/mol. The smallest absolute Gasteiger partial charge is 0.251 e. The Bertz CT molecular complexity index is 355. The van der Waals surface area contributed by atoms with Crippen molar-refractivity contribution >= 4 is 17.5 Å². The fraction of sp³-hybridized carbons (Fsp3) is 0.417. The Kier molecular flexibility index (Phi) is 5.29. The predicted molar refractivity (Wildman–Crippen MR) is 64.7 cm³/mol. The SMILES string of the molecule is CCCC(O)CNC(=O)c1cccc(Cl)c1. The Morgan fingerprint density at radius 3 is 2.94 bits per heavy atom. The second kappa shape index (κ2) is 6.51. The van der Waals surface area contributed by atoms with Crippen LogP contribution in [-0.2, 0) is 0 Å². The lowest BCUT2D eigenvalue weighted by Gasteiger charge is -2.10. The number of benzene rings is 1. The fourth-order valence-corrected chi connectivity index (χ4v) is 1.57. The van der Waals surface area contributed by atoms with Crippen molar-refractivity contribution in [2.75, 3.05) is 6.54 Å². The van der Waals surface area contributed by atoms with Gasteiger partial charge in [0.2, 0.25) is 0 Å². The van der Waals surface area contributed by atoms with Crippen LogP contribution in [0.2, 0.25) is 5.02 Å². The molecule has 16 heavy (non-hydrogen) atoms. The van der Waals surface area contributed by atoms with Crippen LogP contribution in [0.25, 0.3) is 0 Å². The van der Waals surface area contributed by atoms with Gasteiger partial charge in [0.15, 0.2) is 0 Å². The van der Waals surface area contributed by atoms with E-state index in [1.165, 1.54) is 0 Å². The van der Waals surface area contributed by atoms with Gasteiger partial charge in [0.1, 0.15) is 0 Å². The van der Waals surface area contributed by atoms with Crippen LogP contribution in [0.1, 0.15) is 30.1 Å². The van der Waals surface area contributed by atoms with E-state index in [9.17, 15) is 9.90 Å². The molecule has 0 aliphatic rings. The lowest BCUT2D eigenvalue weighted by molar-refractivity contribution is 0.0910. The highest BCUT2D eigenvalue weighted by molar-refractivity contribution is 6.30. The predicted octanol–water partition coefficient (Wildman–Crippen LogP) is 2.23.